The topological polar surface area (TPSA) is 85.6 Å². The minimum Gasteiger partial charge on any atom is -0.336 e. The SMILES string of the molecule is CCCn1c(=O)c2[nH]c(Cc3ccncc3)nc2n(CCc2ccc(Br)cc2)c1=O. The fourth-order valence-electron chi connectivity index (χ4n) is 3.51. The number of hydrogen-bond donors (Lipinski definition) is 1. The molecular formula is C22H22BrN5O2. The second-order valence-corrected chi connectivity index (χ2v) is 8.10. The van der Waals surface area contributed by atoms with Crippen molar-refractivity contribution in [2.24, 2.45) is 0 Å². The highest BCUT2D eigenvalue weighted by molar-refractivity contribution is 9.10. The van der Waals surface area contributed by atoms with Crippen LogP contribution in [0.4, 0.5) is 0 Å². The zero-order valence-corrected chi connectivity index (χ0v) is 18.2. The minimum absolute atomic E-state index is 0.312. The number of aromatic amines is 1. The van der Waals surface area contributed by atoms with Gasteiger partial charge >= 0.3 is 5.69 Å². The minimum atomic E-state index is -0.315. The third-order valence-corrected chi connectivity index (χ3v) is 5.54. The van der Waals surface area contributed by atoms with Gasteiger partial charge < -0.3 is 4.98 Å². The van der Waals surface area contributed by atoms with E-state index in [1.165, 1.54) is 4.57 Å². The average Bonchev–Trinajstić information content (AvgIpc) is 3.17. The fraction of sp³-hybridized carbons (Fsp3) is 0.273. The Balaban J connectivity index is 1.76. The van der Waals surface area contributed by atoms with Crippen molar-refractivity contribution in [3.05, 3.63) is 91.1 Å². The number of rotatable bonds is 7. The van der Waals surface area contributed by atoms with Crippen molar-refractivity contribution in [2.75, 3.05) is 0 Å². The molecule has 0 aliphatic carbocycles. The van der Waals surface area contributed by atoms with Crippen molar-refractivity contribution in [3.63, 3.8) is 0 Å². The van der Waals surface area contributed by atoms with Crippen LogP contribution >= 0.6 is 15.9 Å². The zero-order chi connectivity index (χ0) is 21.1. The Hall–Kier alpha value is -3.00. The summed E-state index contributed by atoms with van der Waals surface area (Å²) in [6.45, 7) is 2.77. The lowest BCUT2D eigenvalue weighted by molar-refractivity contribution is 0.559. The molecule has 4 rings (SSSR count). The number of nitrogens with one attached hydrogen (secondary N) is 1. The molecule has 1 aromatic carbocycles. The van der Waals surface area contributed by atoms with Crippen LogP contribution in [0.5, 0.6) is 0 Å². The number of aromatic nitrogens is 5. The first-order valence-corrected chi connectivity index (χ1v) is 10.7. The first-order valence-electron chi connectivity index (χ1n) is 9.92. The molecule has 0 saturated heterocycles. The third kappa shape index (κ3) is 4.14. The van der Waals surface area contributed by atoms with Crippen molar-refractivity contribution in [2.45, 2.75) is 39.3 Å². The molecule has 0 saturated carbocycles. The van der Waals surface area contributed by atoms with E-state index in [9.17, 15) is 9.59 Å². The molecule has 30 heavy (non-hydrogen) atoms. The van der Waals surface area contributed by atoms with Crippen LogP contribution < -0.4 is 11.2 Å². The van der Waals surface area contributed by atoms with Gasteiger partial charge in [0.25, 0.3) is 5.56 Å². The lowest BCUT2D eigenvalue weighted by Crippen LogP contribution is -2.40. The predicted molar refractivity (Wildman–Crippen MR) is 120 cm³/mol. The lowest BCUT2D eigenvalue weighted by Gasteiger charge is -2.11. The van der Waals surface area contributed by atoms with Crippen molar-refractivity contribution < 1.29 is 0 Å². The van der Waals surface area contributed by atoms with Gasteiger partial charge in [0.05, 0.1) is 0 Å². The van der Waals surface area contributed by atoms with Crippen LogP contribution in [0, 0.1) is 0 Å². The summed E-state index contributed by atoms with van der Waals surface area (Å²) in [6, 6.07) is 11.8. The van der Waals surface area contributed by atoms with E-state index >= 15 is 0 Å². The maximum Gasteiger partial charge on any atom is 0.332 e. The van der Waals surface area contributed by atoms with Crippen LogP contribution in [0.1, 0.15) is 30.3 Å². The molecule has 8 heteroatoms. The summed E-state index contributed by atoms with van der Waals surface area (Å²) in [6.07, 6.45) is 5.34. The lowest BCUT2D eigenvalue weighted by atomic mass is 10.1. The molecule has 1 N–H and O–H groups in total. The smallest absolute Gasteiger partial charge is 0.332 e. The summed E-state index contributed by atoms with van der Waals surface area (Å²) in [4.78, 5) is 37.8. The standard InChI is InChI=1S/C22H22BrN5O2/c1-2-12-28-21(29)19-20(26-18(25-19)14-16-7-10-24-11-8-16)27(22(28)30)13-9-15-3-5-17(23)6-4-15/h3-8,10-11H,2,9,12-14H2,1H3,(H,25,26). The molecule has 0 bridgehead atoms. The molecular weight excluding hydrogens is 446 g/mol. The summed E-state index contributed by atoms with van der Waals surface area (Å²) in [5.74, 6) is 0.652. The Morgan fingerprint density at radius 2 is 1.70 bits per heavy atom. The fourth-order valence-corrected chi connectivity index (χ4v) is 3.77. The molecule has 0 unspecified atom stereocenters. The summed E-state index contributed by atoms with van der Waals surface area (Å²) in [5, 5.41) is 0. The second-order valence-electron chi connectivity index (χ2n) is 7.18. The predicted octanol–water partition coefficient (Wildman–Crippen LogP) is 3.29. The van der Waals surface area contributed by atoms with Crippen molar-refractivity contribution in [1.29, 1.82) is 0 Å². The van der Waals surface area contributed by atoms with Gasteiger partial charge in [-0.05, 0) is 48.2 Å². The highest BCUT2D eigenvalue weighted by Crippen LogP contribution is 2.13. The van der Waals surface area contributed by atoms with Crippen LogP contribution in [0.25, 0.3) is 11.2 Å². The number of H-pyrrole nitrogens is 1. The highest BCUT2D eigenvalue weighted by atomic mass is 79.9. The Labute approximate surface area is 181 Å². The number of halogens is 1. The number of hydrogen-bond acceptors (Lipinski definition) is 4. The van der Waals surface area contributed by atoms with Gasteiger partial charge in [-0.2, -0.15) is 0 Å². The van der Waals surface area contributed by atoms with Crippen molar-refractivity contribution >= 4 is 27.1 Å². The highest BCUT2D eigenvalue weighted by Gasteiger charge is 2.17. The van der Waals surface area contributed by atoms with E-state index in [0.717, 1.165) is 15.6 Å². The first-order chi connectivity index (χ1) is 14.6. The number of fused-ring (bicyclic) bond motifs is 1. The summed E-state index contributed by atoms with van der Waals surface area (Å²) >= 11 is 3.44. The van der Waals surface area contributed by atoms with Gasteiger partial charge in [-0.25, -0.2) is 9.78 Å². The largest absolute Gasteiger partial charge is 0.336 e. The molecule has 3 aromatic heterocycles. The van der Waals surface area contributed by atoms with Gasteiger partial charge in [-0.3, -0.25) is 18.9 Å². The third-order valence-electron chi connectivity index (χ3n) is 5.02. The molecule has 4 aromatic rings. The maximum atomic E-state index is 13.1. The Kier molecular flexibility index (Phi) is 5.94. The molecule has 0 aliphatic heterocycles. The Morgan fingerprint density at radius 3 is 2.40 bits per heavy atom. The number of nitrogens with zero attached hydrogens (tertiary/aromatic N) is 4. The zero-order valence-electron chi connectivity index (χ0n) is 16.6. The van der Waals surface area contributed by atoms with Gasteiger partial charge in [0.2, 0.25) is 0 Å². The molecule has 3 heterocycles. The van der Waals surface area contributed by atoms with Crippen LogP contribution in [0.15, 0.2) is 62.9 Å². The van der Waals surface area contributed by atoms with Gasteiger partial charge in [-0.1, -0.05) is 35.0 Å². The summed E-state index contributed by atoms with van der Waals surface area (Å²) in [5.41, 5.74) is 2.31. The normalized spacial score (nSPS) is 11.3. The molecule has 0 spiro atoms. The van der Waals surface area contributed by atoms with Gasteiger partial charge in [-0.15, -0.1) is 0 Å². The van der Waals surface area contributed by atoms with E-state index in [1.807, 2.05) is 43.3 Å². The Morgan fingerprint density at radius 1 is 0.967 bits per heavy atom. The van der Waals surface area contributed by atoms with E-state index in [4.69, 9.17) is 0 Å². The van der Waals surface area contributed by atoms with E-state index < -0.39 is 0 Å². The van der Waals surface area contributed by atoms with Crippen molar-refractivity contribution in [1.82, 2.24) is 24.1 Å². The Bertz CT molecular complexity index is 1270. The van der Waals surface area contributed by atoms with Crippen LogP contribution in [0.2, 0.25) is 0 Å². The summed E-state index contributed by atoms with van der Waals surface area (Å²) < 4.78 is 3.93. The van der Waals surface area contributed by atoms with E-state index in [-0.39, 0.29) is 11.2 Å². The molecule has 0 atom stereocenters. The van der Waals surface area contributed by atoms with Crippen LogP contribution in [-0.2, 0) is 25.9 Å². The van der Waals surface area contributed by atoms with E-state index in [1.54, 1.807) is 17.0 Å². The molecule has 7 nitrogen and oxygen atoms in total. The number of imidazole rings is 1. The number of pyridine rings is 1. The van der Waals surface area contributed by atoms with E-state index in [2.05, 4.69) is 30.9 Å². The van der Waals surface area contributed by atoms with Crippen LogP contribution in [-0.4, -0.2) is 24.1 Å². The number of aryl methyl sites for hydroxylation is 2. The molecule has 0 amide bonds. The quantitative estimate of drug-likeness (QED) is 0.451. The number of benzene rings is 1. The molecule has 0 aliphatic rings. The average molecular weight is 468 g/mol. The van der Waals surface area contributed by atoms with Gasteiger partial charge in [0, 0.05) is 36.4 Å². The molecule has 0 fully saturated rings. The molecule has 0 radical (unpaired) electrons. The van der Waals surface area contributed by atoms with Gasteiger partial charge in [0.15, 0.2) is 5.65 Å². The maximum absolute atomic E-state index is 13.1. The molecule has 154 valence electrons. The van der Waals surface area contributed by atoms with Gasteiger partial charge in [0.1, 0.15) is 11.3 Å². The van der Waals surface area contributed by atoms with E-state index in [0.29, 0.717) is 49.3 Å². The first kappa shape index (κ1) is 20.3. The van der Waals surface area contributed by atoms with Crippen LogP contribution in [0.3, 0.4) is 0 Å². The monoisotopic (exact) mass is 467 g/mol. The van der Waals surface area contributed by atoms with Crippen molar-refractivity contribution in [3.8, 4) is 0 Å². The summed E-state index contributed by atoms with van der Waals surface area (Å²) in [7, 11) is 0. The second kappa shape index (κ2) is 8.79.